The molecule has 2 aromatic heterocycles. The SMILES string of the molecule is COc1cc(NC(=O)CSc2nc3c(c(=O)n(C)c(=O)n3C)n2Cc2ccccc2Cl)cc(OC)c1OC. The summed E-state index contributed by atoms with van der Waals surface area (Å²) in [7, 11) is 7.42. The number of amides is 1. The number of benzene rings is 2. The van der Waals surface area contributed by atoms with Gasteiger partial charge >= 0.3 is 5.69 Å². The number of hydrogen-bond acceptors (Lipinski definition) is 8. The number of halogens is 1. The Morgan fingerprint density at radius 2 is 1.68 bits per heavy atom. The Balaban J connectivity index is 1.67. The van der Waals surface area contributed by atoms with Crippen LogP contribution in [0.3, 0.4) is 0 Å². The van der Waals surface area contributed by atoms with Crippen LogP contribution in [0, 0.1) is 0 Å². The van der Waals surface area contributed by atoms with Gasteiger partial charge < -0.3 is 24.1 Å². The van der Waals surface area contributed by atoms with Crippen LogP contribution in [0.5, 0.6) is 17.2 Å². The summed E-state index contributed by atoms with van der Waals surface area (Å²) in [6, 6.07) is 10.5. The first-order valence-electron chi connectivity index (χ1n) is 11.3. The molecule has 4 aromatic rings. The predicted octanol–water partition coefficient (Wildman–Crippen LogP) is 2.89. The minimum Gasteiger partial charge on any atom is -0.493 e. The Morgan fingerprint density at radius 3 is 2.29 bits per heavy atom. The summed E-state index contributed by atoms with van der Waals surface area (Å²) in [6.07, 6.45) is 0. The highest BCUT2D eigenvalue weighted by molar-refractivity contribution is 7.99. The number of nitrogens with one attached hydrogen (secondary N) is 1. The molecular weight excluding hydrogens is 534 g/mol. The van der Waals surface area contributed by atoms with Gasteiger partial charge in [-0.05, 0) is 11.6 Å². The number of aromatic nitrogens is 4. The second-order valence-corrected chi connectivity index (χ2v) is 9.55. The Bertz CT molecular complexity index is 1620. The highest BCUT2D eigenvalue weighted by Gasteiger charge is 2.21. The third kappa shape index (κ3) is 5.09. The van der Waals surface area contributed by atoms with Gasteiger partial charge in [-0.25, -0.2) is 9.78 Å². The van der Waals surface area contributed by atoms with Crippen LogP contribution in [0.2, 0.25) is 5.02 Å². The lowest BCUT2D eigenvalue weighted by Gasteiger charge is -2.14. The first-order chi connectivity index (χ1) is 18.2. The quantitative estimate of drug-likeness (QED) is 0.311. The first kappa shape index (κ1) is 27.1. The molecule has 38 heavy (non-hydrogen) atoms. The smallest absolute Gasteiger partial charge is 0.332 e. The van der Waals surface area contributed by atoms with E-state index in [-0.39, 0.29) is 29.4 Å². The molecule has 13 heteroatoms. The van der Waals surface area contributed by atoms with Crippen molar-refractivity contribution in [2.45, 2.75) is 11.7 Å². The molecule has 0 aliphatic rings. The Kier molecular flexibility index (Phi) is 8.02. The van der Waals surface area contributed by atoms with Crippen molar-refractivity contribution in [2.75, 3.05) is 32.4 Å². The number of rotatable bonds is 9. The van der Waals surface area contributed by atoms with Crippen LogP contribution in [0.1, 0.15) is 5.56 Å². The van der Waals surface area contributed by atoms with E-state index in [4.69, 9.17) is 25.8 Å². The maximum atomic E-state index is 13.1. The number of fused-ring (bicyclic) bond motifs is 1. The van der Waals surface area contributed by atoms with E-state index in [0.717, 1.165) is 21.9 Å². The Labute approximate surface area is 226 Å². The van der Waals surface area contributed by atoms with Crippen molar-refractivity contribution in [1.29, 1.82) is 0 Å². The van der Waals surface area contributed by atoms with Crippen molar-refractivity contribution >= 4 is 46.1 Å². The highest BCUT2D eigenvalue weighted by Crippen LogP contribution is 2.40. The molecule has 0 unspecified atom stereocenters. The van der Waals surface area contributed by atoms with E-state index in [2.05, 4.69) is 10.3 Å². The summed E-state index contributed by atoms with van der Waals surface area (Å²) >= 11 is 7.52. The maximum Gasteiger partial charge on any atom is 0.332 e. The monoisotopic (exact) mass is 559 g/mol. The van der Waals surface area contributed by atoms with Crippen molar-refractivity contribution in [3.05, 3.63) is 67.8 Å². The van der Waals surface area contributed by atoms with Gasteiger partial charge in [0.15, 0.2) is 27.8 Å². The molecule has 0 aliphatic heterocycles. The Morgan fingerprint density at radius 1 is 1.03 bits per heavy atom. The number of aryl methyl sites for hydroxylation is 1. The van der Waals surface area contributed by atoms with Crippen LogP contribution < -0.4 is 30.8 Å². The fourth-order valence-corrected chi connectivity index (χ4v) is 4.95. The zero-order valence-corrected chi connectivity index (χ0v) is 23.0. The molecule has 0 atom stereocenters. The lowest BCUT2D eigenvalue weighted by Crippen LogP contribution is -2.37. The van der Waals surface area contributed by atoms with Gasteiger partial charge in [0.05, 0.1) is 33.6 Å². The largest absolute Gasteiger partial charge is 0.493 e. The summed E-state index contributed by atoms with van der Waals surface area (Å²) in [5.41, 5.74) is 0.678. The third-order valence-corrected chi connectivity index (χ3v) is 7.23. The number of hydrogen-bond donors (Lipinski definition) is 1. The molecule has 1 amide bonds. The summed E-state index contributed by atoms with van der Waals surface area (Å²) < 4.78 is 20.0. The molecule has 2 heterocycles. The maximum absolute atomic E-state index is 13.1. The van der Waals surface area contributed by atoms with Crippen molar-refractivity contribution in [3.8, 4) is 17.2 Å². The third-order valence-electron chi connectivity index (χ3n) is 5.88. The molecule has 0 saturated heterocycles. The molecule has 11 nitrogen and oxygen atoms in total. The molecule has 0 radical (unpaired) electrons. The highest BCUT2D eigenvalue weighted by atomic mass is 35.5. The molecule has 1 N–H and O–H groups in total. The van der Waals surface area contributed by atoms with E-state index in [9.17, 15) is 14.4 Å². The molecule has 200 valence electrons. The van der Waals surface area contributed by atoms with Crippen molar-refractivity contribution in [2.24, 2.45) is 14.1 Å². The van der Waals surface area contributed by atoms with Gasteiger partial charge in [0.25, 0.3) is 5.56 Å². The summed E-state index contributed by atoms with van der Waals surface area (Å²) in [6.45, 7) is 0.223. The van der Waals surface area contributed by atoms with Crippen LogP contribution in [0.15, 0.2) is 51.1 Å². The number of anilines is 1. The molecular formula is C25H26ClN5O6S. The molecule has 0 bridgehead atoms. The number of imidazole rings is 1. The second kappa shape index (κ2) is 11.2. The number of carbonyl (C=O) groups excluding carboxylic acids is 1. The predicted molar refractivity (Wildman–Crippen MR) is 146 cm³/mol. The molecule has 4 rings (SSSR count). The van der Waals surface area contributed by atoms with Gasteiger partial charge in [0.2, 0.25) is 11.7 Å². The normalized spacial score (nSPS) is 11.0. The van der Waals surface area contributed by atoms with Crippen molar-refractivity contribution in [1.82, 2.24) is 18.7 Å². The summed E-state index contributed by atoms with van der Waals surface area (Å²) in [4.78, 5) is 43.1. The lowest BCUT2D eigenvalue weighted by atomic mass is 10.2. The molecule has 0 aliphatic carbocycles. The number of methoxy groups -OCH3 is 3. The summed E-state index contributed by atoms with van der Waals surface area (Å²) in [5, 5.41) is 3.72. The molecule has 2 aromatic carbocycles. The molecule has 0 saturated carbocycles. The van der Waals surface area contributed by atoms with Gasteiger partial charge in [-0.15, -0.1) is 0 Å². The van der Waals surface area contributed by atoms with Crippen LogP contribution in [0.4, 0.5) is 5.69 Å². The molecule has 0 spiro atoms. The van der Waals surface area contributed by atoms with E-state index in [0.29, 0.717) is 33.1 Å². The van der Waals surface area contributed by atoms with Gasteiger partial charge in [0.1, 0.15) is 0 Å². The number of thioether (sulfide) groups is 1. The topological polar surface area (TPSA) is 119 Å². The lowest BCUT2D eigenvalue weighted by molar-refractivity contribution is -0.113. The van der Waals surface area contributed by atoms with Crippen LogP contribution >= 0.6 is 23.4 Å². The van der Waals surface area contributed by atoms with E-state index < -0.39 is 11.2 Å². The van der Waals surface area contributed by atoms with Gasteiger partial charge in [-0.1, -0.05) is 41.6 Å². The molecule has 0 fully saturated rings. The van der Waals surface area contributed by atoms with Crippen LogP contribution in [-0.4, -0.2) is 51.7 Å². The van der Waals surface area contributed by atoms with Crippen molar-refractivity contribution < 1.29 is 19.0 Å². The zero-order valence-electron chi connectivity index (χ0n) is 21.4. The number of nitrogens with zero attached hydrogens (tertiary/aromatic N) is 4. The minimum absolute atomic E-state index is 0.0310. The van der Waals surface area contributed by atoms with E-state index in [1.807, 2.05) is 18.2 Å². The van der Waals surface area contributed by atoms with Crippen molar-refractivity contribution in [3.63, 3.8) is 0 Å². The fourth-order valence-electron chi connectivity index (χ4n) is 3.96. The van der Waals surface area contributed by atoms with E-state index in [1.54, 1.807) is 29.8 Å². The van der Waals surface area contributed by atoms with Gasteiger partial charge in [-0.2, -0.15) is 0 Å². The standard InChI is InChI=1S/C25H26ClN5O6S/c1-29-22-20(23(33)30(2)25(29)34)31(12-14-8-6-7-9-16(14)26)24(28-22)38-13-19(32)27-15-10-17(35-3)21(37-5)18(11-15)36-4/h6-11H,12-13H2,1-5H3,(H,27,32). The van der Waals surface area contributed by atoms with Crippen LogP contribution in [0.25, 0.3) is 11.2 Å². The number of carbonyl (C=O) groups is 1. The van der Waals surface area contributed by atoms with Gasteiger partial charge in [-0.3, -0.25) is 18.7 Å². The van der Waals surface area contributed by atoms with E-state index >= 15 is 0 Å². The van der Waals surface area contributed by atoms with Crippen LogP contribution in [-0.2, 0) is 25.4 Å². The minimum atomic E-state index is -0.499. The second-order valence-electron chi connectivity index (χ2n) is 8.20. The first-order valence-corrected chi connectivity index (χ1v) is 12.7. The average molecular weight is 560 g/mol. The van der Waals surface area contributed by atoms with Gasteiger partial charge in [0, 0.05) is 36.9 Å². The Hall–Kier alpha value is -3.90. The average Bonchev–Trinajstić information content (AvgIpc) is 3.28. The number of ether oxygens (including phenoxy) is 3. The fraction of sp³-hybridized carbons (Fsp3) is 0.280. The summed E-state index contributed by atoms with van der Waals surface area (Å²) in [5.74, 6) is 0.836. The zero-order chi connectivity index (χ0) is 27.6. The van der Waals surface area contributed by atoms with E-state index in [1.165, 1.54) is 32.9 Å².